The summed E-state index contributed by atoms with van der Waals surface area (Å²) in [6, 6.07) is 9.87. The molecular weight excluding hydrogens is 462 g/mol. The van der Waals surface area contributed by atoms with E-state index in [1.807, 2.05) is 35.0 Å². The van der Waals surface area contributed by atoms with Crippen molar-refractivity contribution in [2.75, 3.05) is 13.2 Å². The molecule has 0 fully saturated rings. The van der Waals surface area contributed by atoms with Gasteiger partial charge in [0.1, 0.15) is 5.75 Å². The van der Waals surface area contributed by atoms with E-state index in [9.17, 15) is 0 Å². The SMILES string of the molecule is CC(C)(C)[SiH2]OC(C)(C)c1cccc(-n2ncc3c(OCCCO)cc(Br)cc32)n1. The monoisotopic (exact) mass is 491 g/mol. The number of ether oxygens (including phenoxy) is 1. The van der Waals surface area contributed by atoms with Crippen molar-refractivity contribution >= 4 is 36.6 Å². The number of hydrogen-bond acceptors (Lipinski definition) is 5. The van der Waals surface area contributed by atoms with E-state index in [0.717, 1.165) is 32.6 Å². The Kier molecular flexibility index (Phi) is 7.01. The minimum atomic E-state index is -0.721. The second kappa shape index (κ2) is 9.17. The highest BCUT2D eigenvalue weighted by molar-refractivity contribution is 9.10. The smallest absolute Gasteiger partial charge is 0.168 e. The zero-order valence-corrected chi connectivity index (χ0v) is 21.3. The third kappa shape index (κ3) is 5.49. The van der Waals surface area contributed by atoms with Crippen molar-refractivity contribution < 1.29 is 14.3 Å². The molecule has 0 spiro atoms. The minimum Gasteiger partial charge on any atom is -0.493 e. The summed E-state index contributed by atoms with van der Waals surface area (Å²) in [6.07, 6.45) is 2.37. The standard InChI is InChI=1S/C22H30BrN3O3Si/c1-21(2,3)30-29-22(4,5)19-8-6-9-20(25-19)26-17-12-15(23)13-18(16(17)14-24-26)28-11-7-10-27/h6,8-9,12-14,27H,7,10-11,30H2,1-5H3. The molecule has 0 bridgehead atoms. The zero-order chi connectivity index (χ0) is 21.9. The van der Waals surface area contributed by atoms with E-state index in [1.165, 1.54) is 0 Å². The number of aromatic nitrogens is 3. The first-order valence-corrected chi connectivity index (χ1v) is 12.2. The van der Waals surface area contributed by atoms with Crippen LogP contribution in [0.25, 0.3) is 16.7 Å². The molecule has 6 nitrogen and oxygen atoms in total. The van der Waals surface area contributed by atoms with E-state index < -0.39 is 15.4 Å². The van der Waals surface area contributed by atoms with Crippen LogP contribution in [-0.4, -0.2) is 42.8 Å². The predicted molar refractivity (Wildman–Crippen MR) is 126 cm³/mol. The molecule has 3 aromatic rings. The lowest BCUT2D eigenvalue weighted by Crippen LogP contribution is -2.28. The summed E-state index contributed by atoms with van der Waals surface area (Å²) in [5, 5.41) is 14.7. The van der Waals surface area contributed by atoms with Crippen molar-refractivity contribution in [2.24, 2.45) is 0 Å². The highest BCUT2D eigenvalue weighted by Gasteiger charge is 2.26. The first-order valence-electron chi connectivity index (χ1n) is 10.1. The van der Waals surface area contributed by atoms with Crippen LogP contribution in [0.3, 0.4) is 0 Å². The predicted octanol–water partition coefficient (Wildman–Crippen LogP) is 4.50. The topological polar surface area (TPSA) is 69.4 Å². The van der Waals surface area contributed by atoms with E-state index >= 15 is 0 Å². The maximum Gasteiger partial charge on any atom is 0.168 e. The maximum atomic E-state index is 9.02. The molecule has 2 heterocycles. The fourth-order valence-corrected chi connectivity index (χ4v) is 4.32. The van der Waals surface area contributed by atoms with Gasteiger partial charge < -0.3 is 14.3 Å². The van der Waals surface area contributed by atoms with E-state index in [1.54, 1.807) is 6.20 Å². The summed E-state index contributed by atoms with van der Waals surface area (Å²) in [5.41, 5.74) is 1.32. The number of halogens is 1. The van der Waals surface area contributed by atoms with E-state index in [0.29, 0.717) is 13.0 Å². The van der Waals surface area contributed by atoms with Crippen LogP contribution < -0.4 is 4.74 Å². The number of rotatable bonds is 8. The van der Waals surface area contributed by atoms with Gasteiger partial charge in [-0.1, -0.05) is 42.8 Å². The van der Waals surface area contributed by atoms with Crippen molar-refractivity contribution in [2.45, 2.75) is 51.7 Å². The van der Waals surface area contributed by atoms with Gasteiger partial charge in [-0.15, -0.1) is 0 Å². The van der Waals surface area contributed by atoms with Crippen molar-refractivity contribution in [3.63, 3.8) is 0 Å². The van der Waals surface area contributed by atoms with Crippen molar-refractivity contribution in [3.05, 3.63) is 46.7 Å². The molecule has 8 heteroatoms. The Bertz CT molecular complexity index is 1010. The number of fused-ring (bicyclic) bond motifs is 1. The van der Waals surface area contributed by atoms with Crippen LogP contribution in [0, 0.1) is 0 Å². The number of nitrogens with zero attached hydrogens (tertiary/aromatic N) is 3. The molecule has 1 N–H and O–H groups in total. The van der Waals surface area contributed by atoms with Crippen molar-refractivity contribution in [1.29, 1.82) is 0 Å². The molecule has 0 aliphatic carbocycles. The van der Waals surface area contributed by atoms with E-state index in [2.05, 4.69) is 55.6 Å². The lowest BCUT2D eigenvalue weighted by atomic mass is 10.1. The molecular formula is C22H30BrN3O3Si. The second-order valence-electron chi connectivity index (χ2n) is 9.06. The van der Waals surface area contributed by atoms with Gasteiger partial charge in [0.25, 0.3) is 0 Å². The Morgan fingerprint density at radius 2 is 1.93 bits per heavy atom. The third-order valence-corrected chi connectivity index (χ3v) is 6.80. The molecule has 30 heavy (non-hydrogen) atoms. The molecule has 0 amide bonds. The van der Waals surface area contributed by atoms with Gasteiger partial charge in [0.05, 0.1) is 35.0 Å². The van der Waals surface area contributed by atoms with Crippen LogP contribution >= 0.6 is 15.9 Å². The molecule has 0 radical (unpaired) electrons. The summed E-state index contributed by atoms with van der Waals surface area (Å²) in [7, 11) is -0.721. The molecule has 0 aliphatic rings. The van der Waals surface area contributed by atoms with Crippen LogP contribution in [0.15, 0.2) is 41.0 Å². The highest BCUT2D eigenvalue weighted by Crippen LogP contribution is 2.32. The van der Waals surface area contributed by atoms with Gasteiger partial charge >= 0.3 is 0 Å². The van der Waals surface area contributed by atoms with Gasteiger partial charge in [-0.3, -0.25) is 0 Å². The molecule has 3 rings (SSSR count). The molecule has 0 atom stereocenters. The minimum absolute atomic E-state index is 0.100. The van der Waals surface area contributed by atoms with Crippen LogP contribution in [0.5, 0.6) is 5.75 Å². The molecule has 0 saturated carbocycles. The Hall–Kier alpha value is -1.74. The van der Waals surface area contributed by atoms with Crippen LogP contribution in [0.2, 0.25) is 5.04 Å². The number of benzene rings is 1. The molecule has 0 unspecified atom stereocenters. The summed E-state index contributed by atoms with van der Waals surface area (Å²) in [6.45, 7) is 11.3. The van der Waals surface area contributed by atoms with Gasteiger partial charge in [-0.05, 0) is 43.2 Å². The fraction of sp³-hybridized carbons (Fsp3) is 0.455. The quantitative estimate of drug-likeness (QED) is 0.371. The third-order valence-electron chi connectivity index (χ3n) is 4.61. The lowest BCUT2D eigenvalue weighted by molar-refractivity contribution is 0.104. The zero-order valence-electron chi connectivity index (χ0n) is 18.3. The second-order valence-corrected chi connectivity index (χ2v) is 12.7. The summed E-state index contributed by atoms with van der Waals surface area (Å²) < 4.78 is 14.9. The van der Waals surface area contributed by atoms with Crippen LogP contribution in [0.1, 0.15) is 46.7 Å². The van der Waals surface area contributed by atoms with Gasteiger partial charge in [0.15, 0.2) is 15.6 Å². The van der Waals surface area contributed by atoms with E-state index in [-0.39, 0.29) is 11.6 Å². The number of hydrogen-bond donors (Lipinski definition) is 1. The molecule has 0 saturated heterocycles. The highest BCUT2D eigenvalue weighted by atomic mass is 79.9. The summed E-state index contributed by atoms with van der Waals surface area (Å²) in [4.78, 5) is 4.88. The normalized spacial score (nSPS) is 12.9. The maximum absolute atomic E-state index is 9.02. The van der Waals surface area contributed by atoms with Gasteiger partial charge in [-0.25, -0.2) is 9.67 Å². The van der Waals surface area contributed by atoms with Gasteiger partial charge in [0, 0.05) is 17.5 Å². The number of aliphatic hydroxyl groups excluding tert-OH is 1. The summed E-state index contributed by atoms with van der Waals surface area (Å²) >= 11 is 3.56. The van der Waals surface area contributed by atoms with E-state index in [4.69, 9.17) is 19.3 Å². The summed E-state index contributed by atoms with van der Waals surface area (Å²) in [5.74, 6) is 1.46. The molecule has 2 aromatic heterocycles. The first kappa shape index (κ1) is 22.9. The molecule has 0 aliphatic heterocycles. The lowest BCUT2D eigenvalue weighted by Gasteiger charge is -2.29. The van der Waals surface area contributed by atoms with Crippen LogP contribution in [-0.2, 0) is 10.0 Å². The first-order chi connectivity index (χ1) is 14.1. The van der Waals surface area contributed by atoms with Crippen molar-refractivity contribution in [3.8, 4) is 11.6 Å². The van der Waals surface area contributed by atoms with Crippen LogP contribution in [0.4, 0.5) is 0 Å². The fourth-order valence-electron chi connectivity index (χ4n) is 2.96. The average Bonchev–Trinajstić information content (AvgIpc) is 3.10. The van der Waals surface area contributed by atoms with Crippen molar-refractivity contribution in [1.82, 2.24) is 14.8 Å². The number of aliphatic hydroxyl groups is 1. The average molecular weight is 492 g/mol. The van der Waals surface area contributed by atoms with Gasteiger partial charge in [-0.2, -0.15) is 5.10 Å². The molecule has 1 aromatic carbocycles. The Balaban J connectivity index is 1.96. The Morgan fingerprint density at radius 3 is 2.63 bits per heavy atom. The van der Waals surface area contributed by atoms with Gasteiger partial charge in [0.2, 0.25) is 0 Å². The molecule has 162 valence electrons. The Labute approximate surface area is 188 Å². The largest absolute Gasteiger partial charge is 0.493 e. The number of pyridine rings is 1. The Morgan fingerprint density at radius 1 is 1.17 bits per heavy atom.